The maximum absolute atomic E-state index is 12.9. The van der Waals surface area contributed by atoms with Gasteiger partial charge >= 0.3 is 0 Å². The Kier molecular flexibility index (Phi) is 7.15. The SMILES string of the molecule is Nc1ccc(-c2ccccc2)cc1NC(=O)c1ccc(CN2CC[P+](O)(c3ccccc3)CC2)cc1. The summed E-state index contributed by atoms with van der Waals surface area (Å²) in [6.45, 7) is 2.56. The van der Waals surface area contributed by atoms with Gasteiger partial charge in [0, 0.05) is 25.2 Å². The minimum absolute atomic E-state index is 0.186. The minimum Gasteiger partial charge on any atom is -0.397 e. The molecule has 1 fully saturated rings. The Hall–Kier alpha value is -3.50. The van der Waals surface area contributed by atoms with Crippen molar-refractivity contribution in [2.75, 3.05) is 36.5 Å². The highest BCUT2D eigenvalue weighted by Crippen LogP contribution is 2.54. The molecule has 0 saturated carbocycles. The summed E-state index contributed by atoms with van der Waals surface area (Å²) in [6.07, 6.45) is 1.64. The van der Waals surface area contributed by atoms with Crippen LogP contribution in [0, 0.1) is 0 Å². The van der Waals surface area contributed by atoms with E-state index in [1.54, 1.807) is 0 Å². The molecule has 4 aromatic rings. The van der Waals surface area contributed by atoms with Crippen LogP contribution in [0.15, 0.2) is 103 Å². The van der Waals surface area contributed by atoms with E-state index < -0.39 is 7.49 Å². The highest BCUT2D eigenvalue weighted by Gasteiger charge is 2.41. The van der Waals surface area contributed by atoms with Crippen LogP contribution in [0.1, 0.15) is 15.9 Å². The number of carbonyl (C=O) groups is 1. The molecule has 36 heavy (non-hydrogen) atoms. The lowest BCUT2D eigenvalue weighted by atomic mass is 10.0. The molecule has 0 aromatic heterocycles. The normalized spacial score (nSPS) is 15.4. The van der Waals surface area contributed by atoms with Crippen molar-refractivity contribution in [1.29, 1.82) is 0 Å². The van der Waals surface area contributed by atoms with Crippen molar-refractivity contribution < 1.29 is 9.69 Å². The molecule has 4 aromatic carbocycles. The van der Waals surface area contributed by atoms with Gasteiger partial charge in [0.1, 0.15) is 17.6 Å². The van der Waals surface area contributed by atoms with Crippen LogP contribution in [-0.4, -0.2) is 41.1 Å². The van der Waals surface area contributed by atoms with Gasteiger partial charge in [0.2, 0.25) is 0 Å². The fourth-order valence-corrected chi connectivity index (χ4v) is 7.34. The van der Waals surface area contributed by atoms with Crippen LogP contribution >= 0.6 is 7.49 Å². The second-order valence-corrected chi connectivity index (χ2v) is 12.6. The molecule has 1 aliphatic heterocycles. The zero-order chi connectivity index (χ0) is 25.0. The molecule has 1 amide bonds. The third-order valence-corrected chi connectivity index (χ3v) is 9.98. The summed E-state index contributed by atoms with van der Waals surface area (Å²) in [5.74, 6) is -0.186. The minimum atomic E-state index is -2.04. The van der Waals surface area contributed by atoms with Crippen molar-refractivity contribution in [3.05, 3.63) is 114 Å². The first-order valence-corrected chi connectivity index (χ1v) is 14.3. The van der Waals surface area contributed by atoms with Crippen LogP contribution in [-0.2, 0) is 6.54 Å². The lowest BCUT2D eigenvalue weighted by Crippen LogP contribution is -2.38. The number of anilines is 2. The summed E-state index contributed by atoms with van der Waals surface area (Å²) in [4.78, 5) is 26.5. The first kappa shape index (κ1) is 24.2. The zero-order valence-corrected chi connectivity index (χ0v) is 21.1. The van der Waals surface area contributed by atoms with Crippen LogP contribution in [0.25, 0.3) is 11.1 Å². The van der Waals surface area contributed by atoms with Gasteiger partial charge in [-0.25, -0.2) is 4.89 Å². The van der Waals surface area contributed by atoms with E-state index >= 15 is 0 Å². The van der Waals surface area contributed by atoms with Gasteiger partial charge in [0.25, 0.3) is 5.91 Å². The average molecular weight is 497 g/mol. The Morgan fingerprint density at radius 2 is 1.47 bits per heavy atom. The molecule has 0 radical (unpaired) electrons. The molecule has 0 atom stereocenters. The predicted octanol–water partition coefficient (Wildman–Crippen LogP) is 5.25. The maximum Gasteiger partial charge on any atom is 0.255 e. The highest BCUT2D eigenvalue weighted by molar-refractivity contribution is 7.77. The maximum atomic E-state index is 12.9. The standard InChI is InChI=1S/C30H30N3O2P/c31-28-16-15-26(24-7-3-1-4-8-24)21-29(28)32-30(34)25-13-11-23(12-14-25)22-33-17-19-36(35,20-18-33)27-9-5-2-6-10-27/h1-16,21,35H,17-20,22,31H2/p+1. The van der Waals surface area contributed by atoms with E-state index in [9.17, 15) is 9.69 Å². The Balaban J connectivity index is 1.20. The van der Waals surface area contributed by atoms with E-state index in [2.05, 4.69) is 22.3 Å². The van der Waals surface area contributed by atoms with Crippen LogP contribution in [0.4, 0.5) is 11.4 Å². The van der Waals surface area contributed by atoms with Crippen molar-refractivity contribution in [3.8, 4) is 11.1 Å². The molecule has 1 saturated heterocycles. The molecule has 4 N–H and O–H groups in total. The molecule has 182 valence electrons. The number of nitrogens with one attached hydrogen (secondary N) is 1. The Morgan fingerprint density at radius 1 is 0.833 bits per heavy atom. The van der Waals surface area contributed by atoms with Crippen LogP contribution in [0.2, 0.25) is 0 Å². The highest BCUT2D eigenvalue weighted by atomic mass is 31.2. The molecule has 6 heteroatoms. The van der Waals surface area contributed by atoms with E-state index in [1.165, 1.54) is 0 Å². The molecular formula is C30H31N3O2P+. The van der Waals surface area contributed by atoms with Crippen molar-refractivity contribution in [1.82, 2.24) is 4.90 Å². The van der Waals surface area contributed by atoms with Crippen LogP contribution < -0.4 is 16.4 Å². The van der Waals surface area contributed by atoms with E-state index in [1.807, 2.05) is 91.0 Å². The number of amides is 1. The summed E-state index contributed by atoms with van der Waals surface area (Å²) in [6, 6.07) is 33.5. The number of benzene rings is 4. The molecule has 0 spiro atoms. The number of hydrogen-bond acceptors (Lipinski definition) is 4. The summed E-state index contributed by atoms with van der Waals surface area (Å²) < 4.78 is 0. The second-order valence-electron chi connectivity index (χ2n) is 9.30. The van der Waals surface area contributed by atoms with Crippen molar-refractivity contribution in [3.63, 3.8) is 0 Å². The second kappa shape index (κ2) is 10.6. The molecule has 0 bridgehead atoms. The number of nitrogens with two attached hydrogens (primary N) is 1. The van der Waals surface area contributed by atoms with Gasteiger partial charge in [0.05, 0.1) is 11.4 Å². The van der Waals surface area contributed by atoms with E-state index in [-0.39, 0.29) is 5.91 Å². The lowest BCUT2D eigenvalue weighted by molar-refractivity contribution is 0.102. The van der Waals surface area contributed by atoms with Gasteiger partial charge in [-0.05, 0) is 53.1 Å². The molecule has 5 rings (SSSR count). The number of hydrogen-bond donors (Lipinski definition) is 3. The molecule has 1 heterocycles. The van der Waals surface area contributed by atoms with Gasteiger partial charge in [-0.1, -0.05) is 66.7 Å². The predicted molar refractivity (Wildman–Crippen MR) is 151 cm³/mol. The molecular weight excluding hydrogens is 465 g/mol. The van der Waals surface area contributed by atoms with E-state index in [0.29, 0.717) is 16.9 Å². The topological polar surface area (TPSA) is 78.6 Å². The average Bonchev–Trinajstić information content (AvgIpc) is 2.93. The molecule has 0 aliphatic carbocycles. The zero-order valence-electron chi connectivity index (χ0n) is 20.2. The first-order valence-electron chi connectivity index (χ1n) is 12.2. The Morgan fingerprint density at radius 3 is 2.14 bits per heavy atom. The van der Waals surface area contributed by atoms with Crippen molar-refractivity contribution in [2.45, 2.75) is 6.54 Å². The van der Waals surface area contributed by atoms with Crippen LogP contribution in [0.3, 0.4) is 0 Å². The van der Waals surface area contributed by atoms with Gasteiger partial charge in [-0.15, -0.1) is 0 Å². The van der Waals surface area contributed by atoms with Crippen molar-refractivity contribution >= 4 is 30.1 Å². The van der Waals surface area contributed by atoms with Gasteiger partial charge in [-0.3, -0.25) is 9.69 Å². The smallest absolute Gasteiger partial charge is 0.255 e. The molecule has 5 nitrogen and oxygen atoms in total. The van der Waals surface area contributed by atoms with Gasteiger partial charge < -0.3 is 11.1 Å². The third kappa shape index (κ3) is 5.50. The number of rotatable bonds is 6. The van der Waals surface area contributed by atoms with Crippen molar-refractivity contribution in [2.24, 2.45) is 0 Å². The van der Waals surface area contributed by atoms with E-state index in [4.69, 9.17) is 5.73 Å². The molecule has 1 aliphatic rings. The van der Waals surface area contributed by atoms with Gasteiger partial charge in [-0.2, -0.15) is 0 Å². The number of carbonyl (C=O) groups excluding carboxylic acids is 1. The Labute approximate surface area is 213 Å². The molecule has 0 unspecified atom stereocenters. The largest absolute Gasteiger partial charge is 0.397 e. The number of nitrogens with zero attached hydrogens (tertiary/aromatic N) is 1. The summed E-state index contributed by atoms with van der Waals surface area (Å²) in [7, 11) is -2.04. The Bertz CT molecular complexity index is 1320. The third-order valence-electron chi connectivity index (χ3n) is 6.84. The van der Waals surface area contributed by atoms with Gasteiger partial charge in [0.15, 0.2) is 7.49 Å². The summed E-state index contributed by atoms with van der Waals surface area (Å²) in [5, 5.41) is 4.07. The van der Waals surface area contributed by atoms with E-state index in [0.717, 1.165) is 54.0 Å². The summed E-state index contributed by atoms with van der Waals surface area (Å²) in [5.41, 5.74) is 11.1. The fraction of sp³-hybridized carbons (Fsp3) is 0.167. The number of nitrogen functional groups attached to an aromatic ring is 1. The monoisotopic (exact) mass is 496 g/mol. The lowest BCUT2D eigenvalue weighted by Gasteiger charge is -2.32. The first-order chi connectivity index (χ1) is 17.5. The van der Waals surface area contributed by atoms with Crippen LogP contribution in [0.5, 0.6) is 0 Å². The fourth-order valence-electron chi connectivity index (χ4n) is 4.65. The summed E-state index contributed by atoms with van der Waals surface area (Å²) >= 11 is 0. The quantitative estimate of drug-likeness (QED) is 0.252.